The molecule has 1 heterocycles. The predicted molar refractivity (Wildman–Crippen MR) is 71.5 cm³/mol. The molecule has 5 heteroatoms. The van der Waals surface area contributed by atoms with Gasteiger partial charge in [0.1, 0.15) is 0 Å². The zero-order chi connectivity index (χ0) is 14.1. The van der Waals surface area contributed by atoms with Gasteiger partial charge in [-0.2, -0.15) is 0 Å². The zero-order valence-electron chi connectivity index (χ0n) is 11.2. The molecule has 0 radical (unpaired) electrons. The van der Waals surface area contributed by atoms with E-state index in [9.17, 15) is 14.7 Å². The number of carboxylic acids is 1. The third kappa shape index (κ3) is 2.28. The van der Waals surface area contributed by atoms with Gasteiger partial charge in [0.2, 0.25) is 5.91 Å². The van der Waals surface area contributed by atoms with E-state index in [1.807, 2.05) is 12.1 Å². The molecule has 3 rings (SSSR count). The van der Waals surface area contributed by atoms with Crippen molar-refractivity contribution in [2.45, 2.75) is 25.8 Å². The molecule has 20 heavy (non-hydrogen) atoms. The molecule has 2 fully saturated rings. The molecule has 0 spiro atoms. The lowest BCUT2D eigenvalue weighted by molar-refractivity contribution is -0.149. The Hall–Kier alpha value is -1.91. The molecule has 5 nitrogen and oxygen atoms in total. The Kier molecular flexibility index (Phi) is 3.42. The quantitative estimate of drug-likeness (QED) is 0.871. The molecule has 2 saturated carbocycles. The highest BCUT2D eigenvalue weighted by Crippen LogP contribution is 2.52. The van der Waals surface area contributed by atoms with Crippen LogP contribution in [0.4, 0.5) is 0 Å². The Bertz CT molecular complexity index is 517. The molecular weight excluding hydrogens is 256 g/mol. The molecule has 0 aliphatic heterocycles. The summed E-state index contributed by atoms with van der Waals surface area (Å²) < 4.78 is 0. The molecular formula is C15H18N2O3. The number of carboxylic acid groups (broad SMARTS) is 1. The number of amides is 1. The van der Waals surface area contributed by atoms with Gasteiger partial charge in [0.15, 0.2) is 0 Å². The first-order valence-corrected chi connectivity index (χ1v) is 7.06. The first kappa shape index (κ1) is 13.1. The summed E-state index contributed by atoms with van der Waals surface area (Å²) >= 11 is 0. The fourth-order valence-electron chi connectivity index (χ4n) is 3.83. The molecule has 2 bridgehead atoms. The number of nitrogens with zero attached hydrogens (tertiary/aromatic N) is 1. The van der Waals surface area contributed by atoms with Crippen molar-refractivity contribution in [3.05, 3.63) is 30.1 Å². The van der Waals surface area contributed by atoms with Gasteiger partial charge in [-0.05, 0) is 42.7 Å². The van der Waals surface area contributed by atoms with Crippen LogP contribution in [0.2, 0.25) is 0 Å². The molecule has 0 unspecified atom stereocenters. The number of hydrogen-bond donors (Lipinski definition) is 2. The van der Waals surface area contributed by atoms with Crippen LogP contribution in [0, 0.1) is 23.7 Å². The van der Waals surface area contributed by atoms with Gasteiger partial charge in [-0.25, -0.2) is 0 Å². The van der Waals surface area contributed by atoms with E-state index in [0.29, 0.717) is 6.54 Å². The second-order valence-corrected chi connectivity index (χ2v) is 5.80. The first-order chi connectivity index (χ1) is 9.66. The van der Waals surface area contributed by atoms with Crippen LogP contribution in [0.3, 0.4) is 0 Å². The van der Waals surface area contributed by atoms with Crippen molar-refractivity contribution in [2.75, 3.05) is 0 Å². The van der Waals surface area contributed by atoms with Gasteiger partial charge in [-0.15, -0.1) is 0 Å². The highest BCUT2D eigenvalue weighted by atomic mass is 16.4. The van der Waals surface area contributed by atoms with Gasteiger partial charge >= 0.3 is 5.97 Å². The summed E-state index contributed by atoms with van der Waals surface area (Å²) in [4.78, 5) is 27.7. The lowest BCUT2D eigenvalue weighted by Crippen LogP contribution is -2.41. The summed E-state index contributed by atoms with van der Waals surface area (Å²) in [6.07, 6.45) is 6.22. The fraction of sp³-hybridized carbons (Fsp3) is 0.533. The molecule has 0 saturated heterocycles. The van der Waals surface area contributed by atoms with Gasteiger partial charge in [-0.3, -0.25) is 14.6 Å². The lowest BCUT2D eigenvalue weighted by atomic mass is 9.78. The molecule has 1 amide bonds. The van der Waals surface area contributed by atoms with Gasteiger partial charge in [0.25, 0.3) is 0 Å². The summed E-state index contributed by atoms with van der Waals surface area (Å²) in [5, 5.41) is 12.2. The van der Waals surface area contributed by atoms with Crippen LogP contribution in [0.15, 0.2) is 24.5 Å². The first-order valence-electron chi connectivity index (χ1n) is 7.06. The second kappa shape index (κ2) is 5.23. The number of carbonyl (C=O) groups is 2. The number of hydrogen-bond acceptors (Lipinski definition) is 3. The number of carbonyl (C=O) groups excluding carboxylic acids is 1. The molecule has 2 aliphatic carbocycles. The normalized spacial score (nSPS) is 31.2. The Morgan fingerprint density at radius 1 is 1.30 bits per heavy atom. The van der Waals surface area contributed by atoms with Crippen molar-refractivity contribution in [1.82, 2.24) is 10.3 Å². The van der Waals surface area contributed by atoms with Crippen molar-refractivity contribution in [3.8, 4) is 0 Å². The Morgan fingerprint density at radius 3 is 2.70 bits per heavy atom. The Labute approximate surface area is 117 Å². The minimum absolute atomic E-state index is 0.117. The predicted octanol–water partition coefficient (Wildman–Crippen LogP) is 1.44. The van der Waals surface area contributed by atoms with E-state index in [1.54, 1.807) is 12.4 Å². The molecule has 1 aromatic heterocycles. The van der Waals surface area contributed by atoms with Crippen LogP contribution in [0.25, 0.3) is 0 Å². The molecule has 106 valence electrons. The number of pyridine rings is 1. The average molecular weight is 274 g/mol. The SMILES string of the molecule is O=C(O)[C@@H]1[C@@H]2CC[C@@H](C2)[C@@H]1C(=O)NCc1cccnc1. The average Bonchev–Trinajstić information content (AvgIpc) is 3.06. The minimum atomic E-state index is -0.821. The molecule has 2 N–H and O–H groups in total. The number of rotatable bonds is 4. The monoisotopic (exact) mass is 274 g/mol. The van der Waals surface area contributed by atoms with E-state index < -0.39 is 11.9 Å². The van der Waals surface area contributed by atoms with E-state index in [-0.39, 0.29) is 23.7 Å². The van der Waals surface area contributed by atoms with Crippen molar-refractivity contribution >= 4 is 11.9 Å². The maximum absolute atomic E-state index is 12.3. The van der Waals surface area contributed by atoms with Crippen molar-refractivity contribution in [2.24, 2.45) is 23.7 Å². The summed E-state index contributed by atoms with van der Waals surface area (Å²) in [5.41, 5.74) is 0.927. The number of nitrogens with one attached hydrogen (secondary N) is 1. The Balaban J connectivity index is 1.66. The van der Waals surface area contributed by atoms with Gasteiger partial charge in [0.05, 0.1) is 11.8 Å². The van der Waals surface area contributed by atoms with Gasteiger partial charge in [0, 0.05) is 18.9 Å². The molecule has 1 aromatic rings. The zero-order valence-corrected chi connectivity index (χ0v) is 11.2. The topological polar surface area (TPSA) is 79.3 Å². The summed E-state index contributed by atoms with van der Waals surface area (Å²) in [6.45, 7) is 0.410. The van der Waals surface area contributed by atoms with Crippen LogP contribution in [-0.2, 0) is 16.1 Å². The van der Waals surface area contributed by atoms with Crippen LogP contribution >= 0.6 is 0 Å². The smallest absolute Gasteiger partial charge is 0.307 e. The van der Waals surface area contributed by atoms with Crippen LogP contribution in [0.1, 0.15) is 24.8 Å². The standard InChI is InChI=1S/C15H18N2O3/c18-14(17-8-9-2-1-5-16-7-9)12-10-3-4-11(6-10)13(12)15(19)20/h1-2,5,7,10-13H,3-4,6,8H2,(H,17,18)(H,19,20)/t10-,11+,12-,13+/m0/s1. The lowest BCUT2D eigenvalue weighted by Gasteiger charge is -2.27. The van der Waals surface area contributed by atoms with Gasteiger partial charge < -0.3 is 10.4 Å². The molecule has 0 aromatic carbocycles. The van der Waals surface area contributed by atoms with E-state index >= 15 is 0 Å². The third-order valence-electron chi connectivity index (χ3n) is 4.69. The van der Waals surface area contributed by atoms with E-state index in [4.69, 9.17) is 0 Å². The van der Waals surface area contributed by atoms with Crippen LogP contribution in [0.5, 0.6) is 0 Å². The molecule has 2 aliphatic rings. The van der Waals surface area contributed by atoms with E-state index in [2.05, 4.69) is 10.3 Å². The highest BCUT2D eigenvalue weighted by Gasteiger charge is 2.53. The van der Waals surface area contributed by atoms with E-state index in [0.717, 1.165) is 24.8 Å². The maximum Gasteiger partial charge on any atom is 0.307 e. The van der Waals surface area contributed by atoms with E-state index in [1.165, 1.54) is 0 Å². The summed E-state index contributed by atoms with van der Waals surface area (Å²) in [7, 11) is 0. The van der Waals surface area contributed by atoms with Gasteiger partial charge in [-0.1, -0.05) is 6.07 Å². The third-order valence-corrected chi connectivity index (χ3v) is 4.69. The van der Waals surface area contributed by atoms with Crippen molar-refractivity contribution in [1.29, 1.82) is 0 Å². The molecule has 4 atom stereocenters. The number of fused-ring (bicyclic) bond motifs is 2. The maximum atomic E-state index is 12.3. The largest absolute Gasteiger partial charge is 0.481 e. The number of aliphatic carboxylic acids is 1. The number of aromatic nitrogens is 1. The summed E-state index contributed by atoms with van der Waals surface area (Å²) in [6, 6.07) is 3.71. The van der Waals surface area contributed by atoms with Crippen molar-refractivity contribution in [3.63, 3.8) is 0 Å². The second-order valence-electron chi connectivity index (χ2n) is 5.80. The van der Waals surface area contributed by atoms with Crippen LogP contribution < -0.4 is 5.32 Å². The highest BCUT2D eigenvalue weighted by molar-refractivity contribution is 5.86. The Morgan fingerprint density at radius 2 is 2.05 bits per heavy atom. The fourth-order valence-corrected chi connectivity index (χ4v) is 3.83. The van der Waals surface area contributed by atoms with Crippen LogP contribution in [-0.4, -0.2) is 22.0 Å². The summed E-state index contributed by atoms with van der Waals surface area (Å²) in [5.74, 6) is -1.36. The van der Waals surface area contributed by atoms with Crippen molar-refractivity contribution < 1.29 is 14.7 Å². The minimum Gasteiger partial charge on any atom is -0.481 e.